The van der Waals surface area contributed by atoms with Crippen LogP contribution in [0, 0.1) is 0 Å². The van der Waals surface area contributed by atoms with Crippen molar-refractivity contribution in [2.24, 2.45) is 4.99 Å². The van der Waals surface area contributed by atoms with Crippen molar-refractivity contribution in [2.45, 2.75) is 19.9 Å². The molecule has 3 heterocycles. The molecule has 1 atom stereocenters. The van der Waals surface area contributed by atoms with Crippen molar-refractivity contribution < 1.29 is 23.4 Å². The molecule has 11 heteroatoms. The number of hydrogen-bond acceptors (Lipinski definition) is 8. The first-order valence-electron chi connectivity index (χ1n) is 12.2. The summed E-state index contributed by atoms with van der Waals surface area (Å²) in [5.41, 5.74) is 1.67. The Kier molecular flexibility index (Phi) is 7.89. The second-order valence-corrected chi connectivity index (χ2v) is 10.6. The van der Waals surface area contributed by atoms with E-state index in [9.17, 15) is 9.59 Å². The SMILES string of the molecule is CCOC(=O)C1=C(C)N=c2s/c(=C/c3ccc(-c4cc(Cl)ccc4Cl)o3)c(=O)n2[C@@H]1c1ccc(OC)c(OC)c1. The number of carbonyl (C=O) groups is 1. The minimum Gasteiger partial charge on any atom is -0.493 e. The second kappa shape index (κ2) is 11.4. The quantitative estimate of drug-likeness (QED) is 0.265. The molecular formula is C29H24Cl2N2O6S. The topological polar surface area (TPSA) is 92.3 Å². The van der Waals surface area contributed by atoms with Crippen LogP contribution < -0.4 is 24.4 Å². The molecule has 0 saturated carbocycles. The highest BCUT2D eigenvalue weighted by Gasteiger charge is 2.34. The molecule has 0 amide bonds. The van der Waals surface area contributed by atoms with Gasteiger partial charge in [0.15, 0.2) is 16.3 Å². The van der Waals surface area contributed by atoms with Gasteiger partial charge in [0.25, 0.3) is 5.56 Å². The van der Waals surface area contributed by atoms with E-state index in [0.29, 0.717) is 59.2 Å². The highest BCUT2D eigenvalue weighted by Crippen LogP contribution is 2.36. The number of aromatic nitrogens is 1. The first-order chi connectivity index (χ1) is 19.2. The number of fused-ring (bicyclic) bond motifs is 1. The lowest BCUT2D eigenvalue weighted by molar-refractivity contribution is -0.139. The van der Waals surface area contributed by atoms with Gasteiger partial charge < -0.3 is 18.6 Å². The summed E-state index contributed by atoms with van der Waals surface area (Å²) in [6.45, 7) is 3.63. The zero-order chi connectivity index (χ0) is 28.6. The average Bonchev–Trinajstić information content (AvgIpc) is 3.53. The Morgan fingerprint density at radius 1 is 1.10 bits per heavy atom. The van der Waals surface area contributed by atoms with Crippen LogP contribution in [0.3, 0.4) is 0 Å². The van der Waals surface area contributed by atoms with Crippen LogP contribution in [0.15, 0.2) is 74.0 Å². The predicted molar refractivity (Wildman–Crippen MR) is 154 cm³/mol. The number of esters is 1. The van der Waals surface area contributed by atoms with E-state index in [0.717, 1.165) is 0 Å². The van der Waals surface area contributed by atoms with Gasteiger partial charge in [-0.25, -0.2) is 9.79 Å². The number of allylic oxidation sites excluding steroid dienone is 1. The van der Waals surface area contributed by atoms with Crippen LogP contribution in [0.4, 0.5) is 0 Å². The fraction of sp³-hybridized carbons (Fsp3) is 0.207. The Balaban J connectivity index is 1.66. The Bertz CT molecular complexity index is 1840. The Morgan fingerprint density at radius 3 is 2.60 bits per heavy atom. The number of thiazole rings is 1. The molecule has 1 aliphatic heterocycles. The lowest BCUT2D eigenvalue weighted by Gasteiger charge is -2.25. The van der Waals surface area contributed by atoms with Crippen molar-refractivity contribution >= 4 is 46.6 Å². The number of benzene rings is 2. The number of rotatable bonds is 7. The minimum absolute atomic E-state index is 0.177. The number of halogens is 2. The summed E-state index contributed by atoms with van der Waals surface area (Å²) in [6.07, 6.45) is 1.64. The molecule has 0 aliphatic carbocycles. The fourth-order valence-corrected chi connectivity index (χ4v) is 5.93. The highest BCUT2D eigenvalue weighted by molar-refractivity contribution is 7.07. The van der Waals surface area contributed by atoms with Crippen LogP contribution in [-0.4, -0.2) is 31.4 Å². The molecule has 4 aromatic rings. The average molecular weight is 599 g/mol. The van der Waals surface area contributed by atoms with Crippen LogP contribution in [0.5, 0.6) is 11.5 Å². The molecule has 1 aliphatic rings. The zero-order valence-electron chi connectivity index (χ0n) is 22.0. The summed E-state index contributed by atoms with van der Waals surface area (Å²) in [5, 5.41) is 1.01. The van der Waals surface area contributed by atoms with Crippen LogP contribution in [0.2, 0.25) is 10.0 Å². The summed E-state index contributed by atoms with van der Waals surface area (Å²) in [4.78, 5) is 32.0. The minimum atomic E-state index is -0.797. The number of methoxy groups -OCH3 is 2. The number of carbonyl (C=O) groups excluding carboxylic acids is 1. The van der Waals surface area contributed by atoms with E-state index in [2.05, 4.69) is 4.99 Å². The molecule has 40 heavy (non-hydrogen) atoms. The lowest BCUT2D eigenvalue weighted by atomic mass is 9.95. The smallest absolute Gasteiger partial charge is 0.338 e. The highest BCUT2D eigenvalue weighted by atomic mass is 35.5. The van der Waals surface area contributed by atoms with Crippen LogP contribution >= 0.6 is 34.5 Å². The van der Waals surface area contributed by atoms with Crippen LogP contribution in [-0.2, 0) is 9.53 Å². The molecular weight excluding hydrogens is 575 g/mol. The van der Waals surface area contributed by atoms with E-state index in [1.165, 1.54) is 30.1 Å². The maximum atomic E-state index is 13.9. The van der Waals surface area contributed by atoms with Crippen molar-refractivity contribution in [1.82, 2.24) is 4.57 Å². The summed E-state index contributed by atoms with van der Waals surface area (Å²) in [6, 6.07) is 13.1. The fourth-order valence-electron chi connectivity index (χ4n) is 4.52. The van der Waals surface area contributed by atoms with Crippen molar-refractivity contribution in [3.05, 3.63) is 101 Å². The number of hydrogen-bond donors (Lipinski definition) is 0. The van der Waals surface area contributed by atoms with Crippen molar-refractivity contribution in [2.75, 3.05) is 20.8 Å². The normalized spacial score (nSPS) is 15.1. The standard InChI is InChI=1S/C29H24Cl2N2O6S/c1-5-38-28(35)25-15(2)32-29-33(26(25)16-6-10-22(36-3)23(12-16)37-4)27(34)24(40-29)14-18-8-11-21(39-18)19-13-17(30)7-9-20(19)31/h6-14,26H,5H2,1-4H3/b24-14+/t26-/m1/s1. The lowest BCUT2D eigenvalue weighted by Crippen LogP contribution is -2.39. The number of ether oxygens (including phenoxy) is 3. The van der Waals surface area contributed by atoms with Gasteiger partial charge in [-0.15, -0.1) is 0 Å². The third-order valence-electron chi connectivity index (χ3n) is 6.33. The molecule has 2 aromatic heterocycles. The molecule has 0 N–H and O–H groups in total. The summed E-state index contributed by atoms with van der Waals surface area (Å²) < 4.78 is 24.1. The monoisotopic (exact) mass is 598 g/mol. The molecule has 0 fully saturated rings. The van der Waals surface area contributed by atoms with Gasteiger partial charge in [-0.3, -0.25) is 9.36 Å². The predicted octanol–water partition coefficient (Wildman–Crippen LogP) is 5.38. The zero-order valence-corrected chi connectivity index (χ0v) is 24.3. The second-order valence-electron chi connectivity index (χ2n) is 8.74. The van der Waals surface area contributed by atoms with Crippen molar-refractivity contribution in [3.8, 4) is 22.8 Å². The summed E-state index contributed by atoms with van der Waals surface area (Å²) in [5.74, 6) is 1.38. The third kappa shape index (κ3) is 5.08. The molecule has 0 bridgehead atoms. The van der Waals surface area contributed by atoms with E-state index in [1.54, 1.807) is 68.5 Å². The van der Waals surface area contributed by atoms with Crippen molar-refractivity contribution in [3.63, 3.8) is 0 Å². The molecule has 0 unspecified atom stereocenters. The molecule has 8 nitrogen and oxygen atoms in total. The molecule has 206 valence electrons. The first-order valence-corrected chi connectivity index (χ1v) is 13.8. The number of furan rings is 1. The largest absolute Gasteiger partial charge is 0.493 e. The van der Waals surface area contributed by atoms with Gasteiger partial charge in [0.05, 0.1) is 47.7 Å². The van der Waals surface area contributed by atoms with E-state index in [-0.39, 0.29) is 17.7 Å². The van der Waals surface area contributed by atoms with Crippen LogP contribution in [0.25, 0.3) is 17.4 Å². The molecule has 2 aromatic carbocycles. The molecule has 0 saturated heterocycles. The van der Waals surface area contributed by atoms with Gasteiger partial charge in [-0.2, -0.15) is 0 Å². The molecule has 0 radical (unpaired) electrons. The van der Waals surface area contributed by atoms with Crippen molar-refractivity contribution in [1.29, 1.82) is 0 Å². The Hall–Kier alpha value is -3.79. The Labute approximate surface area is 243 Å². The van der Waals surface area contributed by atoms with E-state index in [1.807, 2.05) is 0 Å². The van der Waals surface area contributed by atoms with Gasteiger partial charge in [-0.05, 0) is 61.9 Å². The summed E-state index contributed by atoms with van der Waals surface area (Å²) in [7, 11) is 3.06. The van der Waals surface area contributed by atoms with E-state index < -0.39 is 12.0 Å². The van der Waals surface area contributed by atoms with Crippen LogP contribution in [0.1, 0.15) is 31.2 Å². The molecule has 0 spiro atoms. The van der Waals surface area contributed by atoms with Gasteiger partial charge in [0, 0.05) is 16.7 Å². The van der Waals surface area contributed by atoms with Gasteiger partial charge in [0.1, 0.15) is 11.5 Å². The summed E-state index contributed by atoms with van der Waals surface area (Å²) >= 11 is 13.7. The maximum Gasteiger partial charge on any atom is 0.338 e. The van der Waals surface area contributed by atoms with Gasteiger partial charge in [-0.1, -0.05) is 40.6 Å². The van der Waals surface area contributed by atoms with E-state index in [4.69, 9.17) is 41.8 Å². The van der Waals surface area contributed by atoms with Gasteiger partial charge >= 0.3 is 5.97 Å². The number of nitrogens with zero attached hydrogens (tertiary/aromatic N) is 2. The maximum absolute atomic E-state index is 13.9. The molecule has 5 rings (SSSR count). The van der Waals surface area contributed by atoms with E-state index >= 15 is 0 Å². The van der Waals surface area contributed by atoms with Gasteiger partial charge in [0.2, 0.25) is 0 Å². The first kappa shape index (κ1) is 27.8. The Morgan fingerprint density at radius 2 is 1.88 bits per heavy atom. The third-order valence-corrected chi connectivity index (χ3v) is 7.88.